The fourth-order valence-corrected chi connectivity index (χ4v) is 5.67. The summed E-state index contributed by atoms with van der Waals surface area (Å²) in [5.74, 6) is -0.314. The molecule has 1 amide bonds. The number of benzene rings is 3. The lowest BCUT2D eigenvalue weighted by Crippen LogP contribution is -2.35. The topological polar surface area (TPSA) is 97.2 Å². The predicted octanol–water partition coefficient (Wildman–Crippen LogP) is 4.36. The molecule has 8 nitrogen and oxygen atoms in total. The van der Waals surface area contributed by atoms with Gasteiger partial charge in [0, 0.05) is 29.9 Å². The number of anilines is 1. The second kappa shape index (κ2) is 9.81. The first-order chi connectivity index (χ1) is 17.0. The van der Waals surface area contributed by atoms with Gasteiger partial charge in [-0.05, 0) is 61.4 Å². The zero-order chi connectivity index (χ0) is 24.3. The molecule has 0 bridgehead atoms. The maximum atomic E-state index is 12.8. The van der Waals surface area contributed by atoms with E-state index in [2.05, 4.69) is 15.6 Å². The summed E-state index contributed by atoms with van der Waals surface area (Å²) in [5, 5.41) is 11.1. The minimum Gasteiger partial charge on any atom is -0.322 e. The minimum absolute atomic E-state index is 0.211. The largest absolute Gasteiger partial charge is 0.322 e. The summed E-state index contributed by atoms with van der Waals surface area (Å²) in [7, 11) is -3.53. The van der Waals surface area contributed by atoms with E-state index in [1.54, 1.807) is 35.1 Å². The van der Waals surface area contributed by atoms with Crippen LogP contribution in [0.2, 0.25) is 0 Å². The van der Waals surface area contributed by atoms with E-state index in [-0.39, 0.29) is 10.8 Å². The van der Waals surface area contributed by atoms with Crippen LogP contribution in [-0.2, 0) is 10.0 Å². The highest BCUT2D eigenvalue weighted by Crippen LogP contribution is 2.23. The highest BCUT2D eigenvalue weighted by Gasteiger charge is 2.26. The number of amides is 1. The molecule has 0 spiro atoms. The van der Waals surface area contributed by atoms with Crippen LogP contribution in [0.1, 0.15) is 29.6 Å². The second-order valence-electron chi connectivity index (χ2n) is 8.39. The third-order valence-electron chi connectivity index (χ3n) is 6.06. The van der Waals surface area contributed by atoms with E-state index < -0.39 is 10.0 Å². The maximum Gasteiger partial charge on any atom is 0.255 e. The van der Waals surface area contributed by atoms with Crippen LogP contribution in [0.5, 0.6) is 0 Å². The summed E-state index contributed by atoms with van der Waals surface area (Å²) >= 11 is 0. The number of nitrogens with one attached hydrogen (secondary N) is 1. The van der Waals surface area contributed by atoms with E-state index >= 15 is 0 Å². The third-order valence-corrected chi connectivity index (χ3v) is 7.97. The number of nitrogens with zero attached hydrogens (tertiary/aromatic N) is 4. The van der Waals surface area contributed by atoms with Crippen molar-refractivity contribution in [1.29, 1.82) is 0 Å². The smallest absolute Gasteiger partial charge is 0.255 e. The summed E-state index contributed by atoms with van der Waals surface area (Å²) in [5.41, 5.74) is 3.67. The molecule has 2 heterocycles. The number of piperidine rings is 1. The van der Waals surface area contributed by atoms with Gasteiger partial charge in [-0.2, -0.15) is 4.31 Å². The summed E-state index contributed by atoms with van der Waals surface area (Å²) in [6.07, 6.45) is 4.52. The molecule has 1 aromatic heterocycles. The molecule has 1 aliphatic rings. The van der Waals surface area contributed by atoms with Crippen molar-refractivity contribution < 1.29 is 13.2 Å². The number of aromatic nitrogens is 3. The highest BCUT2D eigenvalue weighted by atomic mass is 32.2. The molecule has 0 saturated carbocycles. The van der Waals surface area contributed by atoms with Crippen LogP contribution in [0.25, 0.3) is 16.9 Å². The Morgan fingerprint density at radius 2 is 1.51 bits per heavy atom. The van der Waals surface area contributed by atoms with Crippen LogP contribution < -0.4 is 5.32 Å². The van der Waals surface area contributed by atoms with Gasteiger partial charge in [-0.3, -0.25) is 4.79 Å². The molecule has 0 unspecified atom stereocenters. The van der Waals surface area contributed by atoms with E-state index in [1.165, 1.54) is 16.4 Å². The van der Waals surface area contributed by atoms with Gasteiger partial charge < -0.3 is 5.32 Å². The summed E-state index contributed by atoms with van der Waals surface area (Å²) < 4.78 is 28.9. The SMILES string of the molecule is O=C(Nc1ccc(-n2nncc2-c2ccccc2)cc1)c1ccc(S(=O)(=O)N2CCCCC2)cc1. The molecular weight excluding hydrogens is 462 g/mol. The Labute approximate surface area is 204 Å². The van der Waals surface area contributed by atoms with E-state index in [1.807, 2.05) is 42.5 Å². The minimum atomic E-state index is -3.53. The molecule has 0 radical (unpaired) electrons. The average molecular weight is 488 g/mol. The number of hydrogen-bond donors (Lipinski definition) is 1. The monoisotopic (exact) mass is 487 g/mol. The predicted molar refractivity (Wildman–Crippen MR) is 134 cm³/mol. The lowest BCUT2D eigenvalue weighted by molar-refractivity contribution is 0.102. The molecule has 9 heteroatoms. The van der Waals surface area contributed by atoms with Crippen LogP contribution in [0.15, 0.2) is 90.0 Å². The average Bonchev–Trinajstić information content (AvgIpc) is 3.40. The lowest BCUT2D eigenvalue weighted by Gasteiger charge is -2.25. The van der Waals surface area contributed by atoms with Crippen LogP contribution >= 0.6 is 0 Å². The van der Waals surface area contributed by atoms with Crippen molar-refractivity contribution >= 4 is 21.6 Å². The Bertz CT molecular complexity index is 1410. The summed E-state index contributed by atoms with van der Waals surface area (Å²) in [6.45, 7) is 1.09. The first-order valence-electron chi connectivity index (χ1n) is 11.5. The number of carbonyl (C=O) groups excluding carboxylic acids is 1. The molecule has 5 rings (SSSR count). The number of sulfonamides is 1. The van der Waals surface area contributed by atoms with Crippen molar-refractivity contribution in [3.63, 3.8) is 0 Å². The van der Waals surface area contributed by atoms with Crippen molar-refractivity contribution in [1.82, 2.24) is 19.3 Å². The molecule has 1 saturated heterocycles. The van der Waals surface area contributed by atoms with E-state index in [0.717, 1.165) is 36.2 Å². The van der Waals surface area contributed by atoms with Crippen molar-refractivity contribution in [2.24, 2.45) is 0 Å². The van der Waals surface area contributed by atoms with Gasteiger partial charge >= 0.3 is 0 Å². The second-order valence-corrected chi connectivity index (χ2v) is 10.3. The van der Waals surface area contributed by atoms with Crippen molar-refractivity contribution in [2.45, 2.75) is 24.2 Å². The van der Waals surface area contributed by atoms with Crippen molar-refractivity contribution in [2.75, 3.05) is 18.4 Å². The number of hydrogen-bond acceptors (Lipinski definition) is 5. The van der Waals surface area contributed by atoms with Gasteiger partial charge in [0.2, 0.25) is 10.0 Å². The Morgan fingerprint density at radius 1 is 0.829 bits per heavy atom. The quantitative estimate of drug-likeness (QED) is 0.436. The third kappa shape index (κ3) is 4.87. The van der Waals surface area contributed by atoms with Crippen molar-refractivity contribution in [3.05, 3.63) is 90.6 Å². The maximum absolute atomic E-state index is 12.8. The normalized spacial score (nSPS) is 14.5. The van der Waals surface area contributed by atoms with Gasteiger partial charge in [0.05, 0.1) is 22.5 Å². The lowest BCUT2D eigenvalue weighted by atomic mass is 10.1. The molecule has 0 aliphatic carbocycles. The summed E-state index contributed by atoms with van der Waals surface area (Å²) in [6, 6.07) is 23.2. The highest BCUT2D eigenvalue weighted by molar-refractivity contribution is 7.89. The molecular formula is C26H25N5O3S. The van der Waals surface area contributed by atoms with Crippen molar-refractivity contribution in [3.8, 4) is 16.9 Å². The van der Waals surface area contributed by atoms with Crippen LogP contribution in [0.4, 0.5) is 5.69 Å². The van der Waals surface area contributed by atoms with E-state index in [0.29, 0.717) is 24.3 Å². The molecule has 1 fully saturated rings. The zero-order valence-electron chi connectivity index (χ0n) is 19.0. The fraction of sp³-hybridized carbons (Fsp3) is 0.192. The molecule has 35 heavy (non-hydrogen) atoms. The molecule has 3 aromatic carbocycles. The molecule has 178 valence electrons. The summed E-state index contributed by atoms with van der Waals surface area (Å²) in [4.78, 5) is 12.9. The van der Waals surface area contributed by atoms with Crippen LogP contribution in [0.3, 0.4) is 0 Å². The Kier molecular flexibility index (Phi) is 6.43. The van der Waals surface area contributed by atoms with Crippen LogP contribution in [0, 0.1) is 0 Å². The standard InChI is InChI=1S/C26H25N5O3S/c32-26(21-9-15-24(16-10-21)35(33,34)30-17-5-2-6-18-30)28-22-11-13-23(14-12-22)31-25(19-27-29-31)20-7-3-1-4-8-20/h1,3-4,7-16,19H,2,5-6,17-18H2,(H,28,32). The Balaban J connectivity index is 1.28. The molecule has 1 N–H and O–H groups in total. The zero-order valence-corrected chi connectivity index (χ0v) is 19.9. The van der Waals surface area contributed by atoms with E-state index in [9.17, 15) is 13.2 Å². The Hall–Kier alpha value is -3.82. The van der Waals surface area contributed by atoms with Gasteiger partial charge in [0.25, 0.3) is 5.91 Å². The number of carbonyl (C=O) groups is 1. The van der Waals surface area contributed by atoms with Gasteiger partial charge in [-0.15, -0.1) is 5.10 Å². The van der Waals surface area contributed by atoms with Gasteiger partial charge in [-0.1, -0.05) is 42.0 Å². The van der Waals surface area contributed by atoms with Crippen LogP contribution in [-0.4, -0.2) is 46.7 Å². The number of rotatable bonds is 6. The first kappa shape index (κ1) is 22.9. The fourth-order valence-electron chi connectivity index (χ4n) is 4.15. The van der Waals surface area contributed by atoms with Gasteiger partial charge in [0.1, 0.15) is 0 Å². The molecule has 1 aliphatic heterocycles. The van der Waals surface area contributed by atoms with Gasteiger partial charge in [0.15, 0.2) is 0 Å². The van der Waals surface area contributed by atoms with E-state index in [4.69, 9.17) is 0 Å². The molecule has 0 atom stereocenters. The molecule has 4 aromatic rings. The Morgan fingerprint density at radius 3 is 2.20 bits per heavy atom. The van der Waals surface area contributed by atoms with Gasteiger partial charge in [-0.25, -0.2) is 13.1 Å². The first-order valence-corrected chi connectivity index (χ1v) is 12.9.